The molecule has 0 atom stereocenters. The molecular formula is C65H69N3O. The van der Waals surface area contributed by atoms with E-state index >= 15 is 0 Å². The van der Waals surface area contributed by atoms with Crippen molar-refractivity contribution in [3.05, 3.63) is 220 Å². The second kappa shape index (κ2) is 17.3. The fraction of sp³-hybridized carbons (Fsp3) is 0.292. The van der Waals surface area contributed by atoms with E-state index in [1.54, 1.807) is 0 Å². The zero-order chi connectivity index (χ0) is 49.3. The lowest BCUT2D eigenvalue weighted by atomic mass is 9.62. The normalized spacial score (nSPS) is 13.7. The van der Waals surface area contributed by atoms with Crippen LogP contribution < -0.4 is 9.64 Å². The predicted molar refractivity (Wildman–Crippen MR) is 290 cm³/mol. The SMILES string of the molecule is Cc1cccc(C)c1-c1cc(Oc2cccc(C3(c4ccccn4)c4cc(C(C)(C)C)ccc4N(c4ccc(C(C)(C)C)cc4)c4ccc(C(C)(C)C)cc43)c2)cc(-c2cc(C(C)(C)C)ccn2)c1. The molecule has 3 heterocycles. The summed E-state index contributed by atoms with van der Waals surface area (Å²) in [4.78, 5) is 12.8. The van der Waals surface area contributed by atoms with E-state index in [1.165, 1.54) is 50.1 Å². The van der Waals surface area contributed by atoms with Crippen molar-refractivity contribution < 1.29 is 4.74 Å². The standard InChI is InChI=1S/C65H69N3O/c1-42-19-17-20-43(2)60(42)45-35-44(56-41-49(32-34-66-56)64(12,13)14)36-53(37-45)69-52-22-18-21-50(38-52)65(59-23-15-16-33-67-59)54-39-47(62(6,7)8)26-30-57(54)68(51-28-24-46(25-29-51)61(3,4)5)58-31-27-48(40-55(58)65)63(9,10)11/h15-41H,1-14H3. The lowest BCUT2D eigenvalue weighted by molar-refractivity contribution is 0.481. The Morgan fingerprint density at radius 3 is 1.55 bits per heavy atom. The number of aryl methyl sites for hydroxylation is 2. The zero-order valence-electron chi connectivity index (χ0n) is 43.3. The molecule has 0 radical (unpaired) electrons. The number of hydrogen-bond donors (Lipinski definition) is 0. The van der Waals surface area contributed by atoms with Crippen LogP contribution in [0.4, 0.5) is 17.1 Å². The average Bonchev–Trinajstić information content (AvgIpc) is 3.29. The van der Waals surface area contributed by atoms with Crippen molar-refractivity contribution in [1.29, 1.82) is 0 Å². The highest BCUT2D eigenvalue weighted by Crippen LogP contribution is 2.59. The van der Waals surface area contributed by atoms with Gasteiger partial charge in [0.25, 0.3) is 0 Å². The molecule has 0 unspecified atom stereocenters. The number of benzene rings is 6. The third-order valence-corrected chi connectivity index (χ3v) is 14.2. The molecule has 1 aliphatic rings. The van der Waals surface area contributed by atoms with Crippen LogP contribution in [-0.4, -0.2) is 9.97 Å². The Labute approximate surface area is 412 Å². The van der Waals surface area contributed by atoms with Gasteiger partial charge < -0.3 is 9.64 Å². The lowest BCUT2D eigenvalue weighted by Gasteiger charge is -2.47. The number of aromatic nitrogens is 2. The van der Waals surface area contributed by atoms with Gasteiger partial charge in [-0.05, 0) is 176 Å². The van der Waals surface area contributed by atoms with Gasteiger partial charge in [0.05, 0.1) is 28.2 Å². The maximum Gasteiger partial charge on any atom is 0.128 e. The van der Waals surface area contributed by atoms with Crippen LogP contribution in [0, 0.1) is 13.8 Å². The molecule has 4 heteroatoms. The molecule has 0 amide bonds. The fourth-order valence-electron chi connectivity index (χ4n) is 10.2. The van der Waals surface area contributed by atoms with Crippen LogP contribution in [0.2, 0.25) is 0 Å². The van der Waals surface area contributed by atoms with Crippen LogP contribution in [0.1, 0.15) is 139 Å². The van der Waals surface area contributed by atoms with Gasteiger partial charge in [0.1, 0.15) is 11.5 Å². The number of fused-ring (bicyclic) bond motifs is 2. The minimum absolute atomic E-state index is 0.0250. The first kappa shape index (κ1) is 47.3. The van der Waals surface area contributed by atoms with Crippen LogP contribution in [0.15, 0.2) is 164 Å². The van der Waals surface area contributed by atoms with Gasteiger partial charge in [-0.2, -0.15) is 0 Å². The largest absolute Gasteiger partial charge is 0.457 e. The second-order valence-electron chi connectivity index (χ2n) is 23.4. The van der Waals surface area contributed by atoms with E-state index in [2.05, 4.69) is 247 Å². The van der Waals surface area contributed by atoms with Crippen LogP contribution in [0.25, 0.3) is 22.4 Å². The van der Waals surface area contributed by atoms with Gasteiger partial charge in [0, 0.05) is 23.6 Å². The Kier molecular flexibility index (Phi) is 11.9. The summed E-state index contributed by atoms with van der Waals surface area (Å²) in [5.74, 6) is 1.49. The average molecular weight is 908 g/mol. The van der Waals surface area contributed by atoms with Crippen molar-refractivity contribution in [1.82, 2.24) is 9.97 Å². The number of nitrogens with zero attached hydrogens (tertiary/aromatic N) is 3. The number of hydrogen-bond acceptors (Lipinski definition) is 4. The summed E-state index contributed by atoms with van der Waals surface area (Å²) >= 11 is 0. The third-order valence-electron chi connectivity index (χ3n) is 14.2. The van der Waals surface area contributed by atoms with E-state index in [0.29, 0.717) is 0 Å². The maximum atomic E-state index is 7.19. The van der Waals surface area contributed by atoms with Gasteiger partial charge >= 0.3 is 0 Å². The molecule has 9 rings (SSSR count). The molecule has 0 saturated heterocycles. The zero-order valence-corrected chi connectivity index (χ0v) is 43.3. The van der Waals surface area contributed by atoms with Gasteiger partial charge in [-0.3, -0.25) is 9.97 Å². The number of rotatable bonds is 7. The molecule has 0 fully saturated rings. The summed E-state index contributed by atoms with van der Waals surface area (Å²) in [5, 5.41) is 0. The predicted octanol–water partition coefficient (Wildman–Crippen LogP) is 17.6. The summed E-state index contributed by atoms with van der Waals surface area (Å²) in [6.07, 6.45) is 3.87. The molecule has 4 nitrogen and oxygen atoms in total. The van der Waals surface area contributed by atoms with Gasteiger partial charge in [-0.25, -0.2) is 0 Å². The Hall–Kier alpha value is -6.78. The molecule has 6 aromatic carbocycles. The molecule has 8 aromatic rings. The topological polar surface area (TPSA) is 38.2 Å². The maximum absolute atomic E-state index is 7.19. The van der Waals surface area contributed by atoms with E-state index in [1.807, 2.05) is 18.5 Å². The van der Waals surface area contributed by atoms with E-state index in [4.69, 9.17) is 14.7 Å². The Morgan fingerprint density at radius 1 is 0.435 bits per heavy atom. The summed E-state index contributed by atoms with van der Waals surface area (Å²) in [6.45, 7) is 31.8. The number of anilines is 3. The van der Waals surface area contributed by atoms with Crippen molar-refractivity contribution in [2.24, 2.45) is 0 Å². The van der Waals surface area contributed by atoms with Gasteiger partial charge in [0.15, 0.2) is 0 Å². The van der Waals surface area contributed by atoms with Crippen molar-refractivity contribution in [3.63, 3.8) is 0 Å². The quantitative estimate of drug-likeness (QED) is 0.160. The van der Waals surface area contributed by atoms with E-state index in [9.17, 15) is 0 Å². The summed E-state index contributed by atoms with van der Waals surface area (Å²) in [7, 11) is 0. The molecule has 350 valence electrons. The molecule has 0 saturated carbocycles. The summed E-state index contributed by atoms with van der Waals surface area (Å²) in [6, 6.07) is 56.0. The van der Waals surface area contributed by atoms with E-state index in [0.717, 1.165) is 56.6 Å². The molecule has 0 spiro atoms. The first-order valence-corrected chi connectivity index (χ1v) is 24.6. The molecule has 1 aliphatic heterocycles. The second-order valence-corrected chi connectivity index (χ2v) is 23.4. The van der Waals surface area contributed by atoms with Crippen LogP contribution in [-0.2, 0) is 27.1 Å². The van der Waals surface area contributed by atoms with Crippen molar-refractivity contribution in [2.45, 2.75) is 124 Å². The van der Waals surface area contributed by atoms with Crippen LogP contribution in [0.3, 0.4) is 0 Å². The lowest BCUT2D eigenvalue weighted by Crippen LogP contribution is -2.39. The van der Waals surface area contributed by atoms with Crippen LogP contribution in [0.5, 0.6) is 11.5 Å². The number of pyridine rings is 2. The van der Waals surface area contributed by atoms with Gasteiger partial charge in [0.2, 0.25) is 0 Å². The highest BCUT2D eigenvalue weighted by molar-refractivity contribution is 5.90. The Bertz CT molecular complexity index is 3100. The molecule has 0 aliphatic carbocycles. The monoisotopic (exact) mass is 908 g/mol. The van der Waals surface area contributed by atoms with Crippen molar-refractivity contribution in [2.75, 3.05) is 4.90 Å². The minimum Gasteiger partial charge on any atom is -0.457 e. The smallest absolute Gasteiger partial charge is 0.128 e. The minimum atomic E-state index is -0.849. The highest BCUT2D eigenvalue weighted by atomic mass is 16.5. The molecule has 69 heavy (non-hydrogen) atoms. The first-order valence-electron chi connectivity index (χ1n) is 24.6. The molecule has 0 bridgehead atoms. The third kappa shape index (κ3) is 8.91. The molecule has 2 aromatic heterocycles. The number of ether oxygens (including phenoxy) is 1. The van der Waals surface area contributed by atoms with Gasteiger partial charge in [-0.15, -0.1) is 0 Å². The molecular weight excluding hydrogens is 839 g/mol. The van der Waals surface area contributed by atoms with Crippen molar-refractivity contribution in [3.8, 4) is 33.9 Å². The van der Waals surface area contributed by atoms with Crippen LogP contribution >= 0.6 is 0 Å². The Balaban J connectivity index is 1.31. The summed E-state index contributed by atoms with van der Waals surface area (Å²) < 4.78 is 7.19. The molecule has 0 N–H and O–H groups in total. The fourth-order valence-corrected chi connectivity index (χ4v) is 10.2. The van der Waals surface area contributed by atoms with Gasteiger partial charge in [-0.1, -0.05) is 156 Å². The van der Waals surface area contributed by atoms with E-state index in [-0.39, 0.29) is 21.7 Å². The van der Waals surface area contributed by atoms with Crippen molar-refractivity contribution >= 4 is 17.1 Å². The van der Waals surface area contributed by atoms with E-state index < -0.39 is 5.41 Å². The highest BCUT2D eigenvalue weighted by Gasteiger charge is 2.49. The first-order chi connectivity index (χ1) is 32.5. The summed E-state index contributed by atoms with van der Waals surface area (Å²) in [5.41, 5.74) is 18.3. The Morgan fingerprint density at radius 2 is 0.986 bits per heavy atom.